The van der Waals surface area contributed by atoms with Crippen LogP contribution in [0.1, 0.15) is 70.6 Å². The highest BCUT2D eigenvalue weighted by Gasteiger charge is 2.62. The predicted molar refractivity (Wildman–Crippen MR) is 87.3 cm³/mol. The summed E-state index contributed by atoms with van der Waals surface area (Å²) < 4.78 is 189. The molecule has 0 rings (SSSR count). The lowest BCUT2D eigenvalue weighted by molar-refractivity contribution is -0.303. The van der Waals surface area contributed by atoms with E-state index in [1.807, 2.05) is 0 Å². The number of unbranched alkanes of at least 4 members (excludes halogenated alkanes) is 2. The van der Waals surface area contributed by atoms with Crippen molar-refractivity contribution in [2.45, 2.75) is 107 Å². The first-order valence-corrected chi connectivity index (χ1v) is 9.79. The molecule has 0 nitrogen and oxygen atoms in total. The lowest BCUT2D eigenvalue weighted by atomic mass is 9.71. The molecule has 0 aromatic rings. The number of rotatable bonds is 13. The Morgan fingerprint density at radius 1 is 0.424 bits per heavy atom. The van der Waals surface area contributed by atoms with E-state index in [1.165, 1.54) is 0 Å². The Kier molecular flexibility index (Phi) is 11.2. The third-order valence-electron chi connectivity index (χ3n) is 5.25. The fraction of sp³-hybridized carbons (Fsp3) is 1.00. The van der Waals surface area contributed by atoms with Gasteiger partial charge >= 0.3 is 30.6 Å². The van der Waals surface area contributed by atoms with Gasteiger partial charge in [0.1, 0.15) is 0 Å². The molecule has 1 unspecified atom stereocenters. The second kappa shape index (κ2) is 11.6. The highest BCUT2D eigenvalue weighted by atomic mass is 19.4. The van der Waals surface area contributed by atoms with Gasteiger partial charge in [0.2, 0.25) is 0 Å². The molecule has 1 atom stereocenters. The highest BCUT2D eigenvalue weighted by Crippen LogP contribution is 2.47. The third-order valence-corrected chi connectivity index (χ3v) is 5.25. The van der Waals surface area contributed by atoms with Crippen molar-refractivity contribution in [1.82, 2.24) is 0 Å². The SMILES string of the molecule is FC(CCCCCC(CCC(F)(F)F)(CCC(F)(F)F)CCC(F)(F)F)C(F)(F)C(F)(F)F. The molecule has 0 aliphatic carbocycles. The standard InChI is InChI=1S/C18H23F15/c19-12(17(29,30)18(31,32)33)4-2-1-3-5-13(6-9-14(20,21)22,7-10-15(23,24)25)8-11-16(26,27)28/h12H,1-11H2. The summed E-state index contributed by atoms with van der Waals surface area (Å²) >= 11 is 0. The Balaban J connectivity index is 5.24. The zero-order valence-corrected chi connectivity index (χ0v) is 17.0. The number of alkyl halides is 15. The van der Waals surface area contributed by atoms with Crippen molar-refractivity contribution in [1.29, 1.82) is 0 Å². The molecule has 0 saturated heterocycles. The van der Waals surface area contributed by atoms with E-state index in [1.54, 1.807) is 0 Å². The molecule has 0 aliphatic heterocycles. The van der Waals surface area contributed by atoms with E-state index in [0.717, 1.165) is 0 Å². The first kappa shape index (κ1) is 31.9. The number of halogens is 15. The molecule has 0 spiro atoms. The topological polar surface area (TPSA) is 0 Å². The Morgan fingerprint density at radius 3 is 1.09 bits per heavy atom. The Hall–Kier alpha value is -1.05. The van der Waals surface area contributed by atoms with Crippen LogP contribution in [0, 0.1) is 5.41 Å². The summed E-state index contributed by atoms with van der Waals surface area (Å²) in [5.74, 6) is -5.65. The van der Waals surface area contributed by atoms with Gasteiger partial charge in [-0.2, -0.15) is 61.5 Å². The smallest absolute Gasteiger partial charge is 0.240 e. The first-order valence-electron chi connectivity index (χ1n) is 9.79. The van der Waals surface area contributed by atoms with E-state index in [-0.39, 0.29) is 12.8 Å². The van der Waals surface area contributed by atoms with Gasteiger partial charge in [-0.1, -0.05) is 19.3 Å². The zero-order valence-electron chi connectivity index (χ0n) is 17.0. The fourth-order valence-electron chi connectivity index (χ4n) is 3.33. The number of hydrogen-bond acceptors (Lipinski definition) is 0. The maximum absolute atomic E-state index is 13.2. The molecule has 0 amide bonds. The average Bonchev–Trinajstić information content (AvgIpc) is 2.59. The monoisotopic (exact) mass is 524 g/mol. The molecule has 0 heterocycles. The molecule has 0 bridgehead atoms. The van der Waals surface area contributed by atoms with Crippen LogP contribution in [-0.2, 0) is 0 Å². The summed E-state index contributed by atoms with van der Waals surface area (Å²) in [7, 11) is 0. The summed E-state index contributed by atoms with van der Waals surface area (Å²) in [6.07, 6.45) is -35.8. The minimum atomic E-state index is -6.16. The largest absolute Gasteiger partial charge is 0.456 e. The predicted octanol–water partition coefficient (Wildman–Crippen LogP) is 9.49. The molecule has 0 aliphatic rings. The van der Waals surface area contributed by atoms with Crippen molar-refractivity contribution in [2.24, 2.45) is 5.41 Å². The van der Waals surface area contributed by atoms with Gasteiger partial charge in [-0.15, -0.1) is 0 Å². The molecular weight excluding hydrogens is 501 g/mol. The molecular formula is C18H23F15. The summed E-state index contributed by atoms with van der Waals surface area (Å²) in [5.41, 5.74) is -2.05. The summed E-state index contributed by atoms with van der Waals surface area (Å²) in [4.78, 5) is 0. The van der Waals surface area contributed by atoms with E-state index < -0.39 is 100 Å². The average molecular weight is 524 g/mol. The summed E-state index contributed by atoms with van der Waals surface area (Å²) in [5, 5.41) is 0. The molecule has 15 heteroatoms. The van der Waals surface area contributed by atoms with E-state index in [0.29, 0.717) is 0 Å². The lowest BCUT2D eigenvalue weighted by Crippen LogP contribution is -2.44. The maximum Gasteiger partial charge on any atom is 0.456 e. The minimum absolute atomic E-state index is 0.375. The molecule has 0 fully saturated rings. The van der Waals surface area contributed by atoms with Crippen LogP contribution in [0.25, 0.3) is 0 Å². The van der Waals surface area contributed by atoms with Crippen LogP contribution in [0.3, 0.4) is 0 Å². The van der Waals surface area contributed by atoms with Crippen LogP contribution in [0.15, 0.2) is 0 Å². The van der Waals surface area contributed by atoms with Gasteiger partial charge in [-0.05, 0) is 37.5 Å². The summed E-state index contributed by atoms with van der Waals surface area (Å²) in [6.45, 7) is 0. The third kappa shape index (κ3) is 13.4. The highest BCUT2D eigenvalue weighted by molar-refractivity contribution is 4.85. The van der Waals surface area contributed by atoms with Crippen molar-refractivity contribution in [3.05, 3.63) is 0 Å². The van der Waals surface area contributed by atoms with Gasteiger partial charge in [0.05, 0.1) is 0 Å². The summed E-state index contributed by atoms with van der Waals surface area (Å²) in [6, 6.07) is 0. The maximum atomic E-state index is 13.2. The molecule has 0 radical (unpaired) electrons. The second-order valence-corrected chi connectivity index (χ2v) is 8.03. The van der Waals surface area contributed by atoms with E-state index >= 15 is 0 Å². The number of hydrogen-bond donors (Lipinski definition) is 0. The first-order chi connectivity index (χ1) is 14.5. The van der Waals surface area contributed by atoms with Gasteiger partial charge < -0.3 is 0 Å². The van der Waals surface area contributed by atoms with Gasteiger partial charge in [0.15, 0.2) is 6.17 Å². The van der Waals surface area contributed by atoms with E-state index in [2.05, 4.69) is 0 Å². The van der Waals surface area contributed by atoms with Gasteiger partial charge in [0.25, 0.3) is 0 Å². The zero-order chi connectivity index (χ0) is 26.4. The van der Waals surface area contributed by atoms with Crippen molar-refractivity contribution >= 4 is 0 Å². The van der Waals surface area contributed by atoms with Crippen molar-refractivity contribution in [3.8, 4) is 0 Å². The van der Waals surface area contributed by atoms with Gasteiger partial charge in [0, 0.05) is 19.3 Å². The van der Waals surface area contributed by atoms with Crippen LogP contribution in [0.4, 0.5) is 65.9 Å². The van der Waals surface area contributed by atoms with Crippen LogP contribution >= 0.6 is 0 Å². The van der Waals surface area contributed by atoms with E-state index in [4.69, 9.17) is 0 Å². The molecule has 0 N–H and O–H groups in total. The fourth-order valence-corrected chi connectivity index (χ4v) is 3.33. The second-order valence-electron chi connectivity index (χ2n) is 8.03. The molecule has 200 valence electrons. The lowest BCUT2D eigenvalue weighted by Gasteiger charge is -2.35. The molecule has 0 saturated carbocycles. The van der Waals surface area contributed by atoms with Crippen LogP contribution in [0.5, 0.6) is 0 Å². The van der Waals surface area contributed by atoms with E-state index in [9.17, 15) is 65.9 Å². The van der Waals surface area contributed by atoms with Crippen LogP contribution in [0.2, 0.25) is 0 Å². The van der Waals surface area contributed by atoms with Crippen molar-refractivity contribution in [3.63, 3.8) is 0 Å². The minimum Gasteiger partial charge on any atom is -0.240 e. The molecule has 0 aromatic heterocycles. The Morgan fingerprint density at radius 2 is 0.788 bits per heavy atom. The van der Waals surface area contributed by atoms with Gasteiger partial charge in [-0.25, -0.2) is 4.39 Å². The van der Waals surface area contributed by atoms with Crippen LogP contribution in [-0.4, -0.2) is 36.8 Å². The normalized spacial score (nSPS) is 15.7. The van der Waals surface area contributed by atoms with Crippen LogP contribution < -0.4 is 0 Å². The Labute approximate surface area is 179 Å². The van der Waals surface area contributed by atoms with Crippen molar-refractivity contribution in [2.75, 3.05) is 0 Å². The molecule has 33 heavy (non-hydrogen) atoms. The van der Waals surface area contributed by atoms with Gasteiger partial charge in [-0.3, -0.25) is 0 Å². The quantitative estimate of drug-likeness (QED) is 0.166. The van der Waals surface area contributed by atoms with Crippen molar-refractivity contribution < 1.29 is 65.9 Å². The Bertz CT molecular complexity index is 508. The molecule has 0 aromatic carbocycles.